The molecule has 1 N–H and O–H groups in total. The van der Waals surface area contributed by atoms with Gasteiger partial charge < -0.3 is 4.98 Å². The summed E-state index contributed by atoms with van der Waals surface area (Å²) < 4.78 is 0. The van der Waals surface area contributed by atoms with Crippen molar-refractivity contribution in [3.63, 3.8) is 0 Å². The molecular formula is C11H10N2S. The third-order valence-electron chi connectivity index (χ3n) is 1.91. The molecule has 1 aromatic carbocycles. The summed E-state index contributed by atoms with van der Waals surface area (Å²) in [5, 5.41) is 0. The third kappa shape index (κ3) is 1.75. The molecule has 0 saturated carbocycles. The Balaban J connectivity index is 2.43. The monoisotopic (exact) mass is 202 g/mol. The largest absolute Gasteiger partial charge is 0.345 e. The van der Waals surface area contributed by atoms with E-state index in [-0.39, 0.29) is 0 Å². The first-order valence-corrected chi connectivity index (χ1v) is 5.07. The van der Waals surface area contributed by atoms with Crippen LogP contribution < -0.4 is 0 Å². The van der Waals surface area contributed by atoms with Gasteiger partial charge in [0.15, 0.2) is 0 Å². The summed E-state index contributed by atoms with van der Waals surface area (Å²) >= 11 is 4.10. The van der Waals surface area contributed by atoms with Crippen molar-refractivity contribution in [3.8, 4) is 11.8 Å². The molecule has 2 rings (SSSR count). The van der Waals surface area contributed by atoms with Crippen LogP contribution in [-0.4, -0.2) is 15.7 Å². The average molecular weight is 202 g/mol. The van der Waals surface area contributed by atoms with Gasteiger partial charge in [-0.1, -0.05) is 17.9 Å². The van der Waals surface area contributed by atoms with Gasteiger partial charge in [-0.15, -0.1) is 0 Å². The zero-order chi connectivity index (χ0) is 9.80. The van der Waals surface area contributed by atoms with E-state index in [1.165, 1.54) is 0 Å². The second-order valence-corrected chi connectivity index (χ2v) is 3.33. The van der Waals surface area contributed by atoms with Crippen LogP contribution in [0.1, 0.15) is 12.0 Å². The molecule has 0 saturated heterocycles. The molecule has 0 aliphatic carbocycles. The number of para-hydroxylation sites is 1. The quantitative estimate of drug-likeness (QED) is 0.539. The molecule has 0 spiro atoms. The van der Waals surface area contributed by atoms with Crippen molar-refractivity contribution in [3.05, 3.63) is 30.1 Å². The lowest BCUT2D eigenvalue weighted by molar-refractivity contribution is 1.31. The topological polar surface area (TPSA) is 28.7 Å². The molecule has 0 fully saturated rings. The number of nitrogens with one attached hydrogen (secondary N) is 1. The Kier molecular flexibility index (Phi) is 2.76. The van der Waals surface area contributed by atoms with Crippen molar-refractivity contribution in [2.45, 2.75) is 6.42 Å². The molecule has 0 atom stereocenters. The second-order valence-electron chi connectivity index (χ2n) is 2.88. The number of nitrogens with zero attached hydrogens (tertiary/aromatic N) is 1. The minimum absolute atomic E-state index is 0.795. The van der Waals surface area contributed by atoms with Gasteiger partial charge in [-0.25, -0.2) is 4.98 Å². The lowest BCUT2D eigenvalue weighted by Gasteiger charge is -1.91. The van der Waals surface area contributed by atoms with Crippen LogP contribution in [0.25, 0.3) is 11.0 Å². The van der Waals surface area contributed by atoms with Gasteiger partial charge in [-0.05, 0) is 12.1 Å². The Labute approximate surface area is 88.2 Å². The van der Waals surface area contributed by atoms with E-state index in [1.807, 2.05) is 18.2 Å². The van der Waals surface area contributed by atoms with Crippen molar-refractivity contribution in [2.24, 2.45) is 0 Å². The summed E-state index contributed by atoms with van der Waals surface area (Å²) in [6.07, 6.45) is 2.50. The first kappa shape index (κ1) is 9.17. The first-order chi connectivity index (χ1) is 6.92. The number of thiol groups is 1. The van der Waals surface area contributed by atoms with Crippen LogP contribution in [0.5, 0.6) is 0 Å². The van der Waals surface area contributed by atoms with Crippen LogP contribution in [0.4, 0.5) is 0 Å². The molecular weight excluding hydrogens is 192 g/mol. The summed E-state index contributed by atoms with van der Waals surface area (Å²) in [5.74, 6) is 6.94. The maximum Gasteiger partial charge on any atom is 0.104 e. The van der Waals surface area contributed by atoms with Gasteiger partial charge in [0.25, 0.3) is 0 Å². The zero-order valence-corrected chi connectivity index (χ0v) is 8.51. The standard InChI is InChI=1S/C11H10N2S/c14-7-2-1-4-9-5-3-6-10-11(9)13-8-12-10/h3,5-6,8,14H,2,7H2,(H,12,13). The fourth-order valence-electron chi connectivity index (χ4n) is 1.28. The molecule has 14 heavy (non-hydrogen) atoms. The number of fused-ring (bicyclic) bond motifs is 1. The number of rotatable bonds is 1. The average Bonchev–Trinajstić information content (AvgIpc) is 2.67. The predicted octanol–water partition coefficient (Wildman–Crippen LogP) is 2.23. The summed E-state index contributed by atoms with van der Waals surface area (Å²) in [6.45, 7) is 0. The number of aromatic nitrogens is 2. The molecule has 0 radical (unpaired) electrons. The predicted molar refractivity (Wildman–Crippen MR) is 61.4 cm³/mol. The minimum Gasteiger partial charge on any atom is -0.345 e. The van der Waals surface area contributed by atoms with Gasteiger partial charge in [0.1, 0.15) is 5.52 Å². The molecule has 2 nitrogen and oxygen atoms in total. The number of hydrogen-bond acceptors (Lipinski definition) is 2. The van der Waals surface area contributed by atoms with Crippen molar-refractivity contribution < 1.29 is 0 Å². The Bertz CT molecular complexity index is 490. The van der Waals surface area contributed by atoms with Gasteiger partial charge in [0.05, 0.1) is 17.4 Å². The second kappa shape index (κ2) is 4.21. The number of H-pyrrole nitrogens is 1. The summed E-state index contributed by atoms with van der Waals surface area (Å²) in [7, 11) is 0. The molecule has 1 aromatic heterocycles. The van der Waals surface area contributed by atoms with Crippen LogP contribution >= 0.6 is 12.6 Å². The molecule has 0 amide bonds. The molecule has 0 aliphatic rings. The maximum atomic E-state index is 4.22. The summed E-state index contributed by atoms with van der Waals surface area (Å²) in [5.41, 5.74) is 2.95. The van der Waals surface area contributed by atoms with Crippen LogP contribution in [0, 0.1) is 11.8 Å². The summed E-state index contributed by atoms with van der Waals surface area (Å²) in [6, 6.07) is 5.95. The van der Waals surface area contributed by atoms with E-state index in [0.29, 0.717) is 0 Å². The highest BCUT2D eigenvalue weighted by Gasteiger charge is 1.98. The van der Waals surface area contributed by atoms with E-state index in [0.717, 1.165) is 28.8 Å². The van der Waals surface area contributed by atoms with E-state index in [4.69, 9.17) is 0 Å². The zero-order valence-electron chi connectivity index (χ0n) is 7.62. The van der Waals surface area contributed by atoms with Crippen molar-refractivity contribution >= 4 is 23.7 Å². The normalized spacial score (nSPS) is 9.79. The fraction of sp³-hybridized carbons (Fsp3) is 0.182. The SMILES string of the molecule is SCCC#Cc1cccc2[nH]cnc12. The van der Waals surface area contributed by atoms with E-state index in [1.54, 1.807) is 6.33 Å². The molecule has 0 unspecified atom stereocenters. The Hall–Kier alpha value is -1.40. The highest BCUT2D eigenvalue weighted by Crippen LogP contribution is 2.12. The minimum atomic E-state index is 0.795. The lowest BCUT2D eigenvalue weighted by atomic mass is 10.2. The molecule has 2 aromatic rings. The van der Waals surface area contributed by atoms with Crippen LogP contribution in [0.2, 0.25) is 0 Å². The number of aromatic amines is 1. The van der Waals surface area contributed by atoms with Crippen LogP contribution in [-0.2, 0) is 0 Å². The fourth-order valence-corrected chi connectivity index (χ4v) is 1.39. The molecule has 1 heterocycles. The van der Waals surface area contributed by atoms with Crippen molar-refractivity contribution in [1.29, 1.82) is 0 Å². The first-order valence-electron chi connectivity index (χ1n) is 4.43. The highest BCUT2D eigenvalue weighted by molar-refractivity contribution is 7.80. The van der Waals surface area contributed by atoms with E-state index < -0.39 is 0 Å². The number of hydrogen-bond donors (Lipinski definition) is 2. The van der Waals surface area contributed by atoms with Gasteiger partial charge in [-0.3, -0.25) is 0 Å². The van der Waals surface area contributed by atoms with Gasteiger partial charge in [0.2, 0.25) is 0 Å². The molecule has 70 valence electrons. The van der Waals surface area contributed by atoms with E-state index in [2.05, 4.69) is 34.4 Å². The number of benzene rings is 1. The molecule has 0 aliphatic heterocycles. The van der Waals surface area contributed by atoms with Gasteiger partial charge in [0, 0.05) is 12.2 Å². The van der Waals surface area contributed by atoms with Crippen molar-refractivity contribution in [2.75, 3.05) is 5.75 Å². The summed E-state index contributed by atoms with van der Waals surface area (Å²) in [4.78, 5) is 7.28. The van der Waals surface area contributed by atoms with Crippen LogP contribution in [0.15, 0.2) is 24.5 Å². The van der Waals surface area contributed by atoms with Gasteiger partial charge >= 0.3 is 0 Å². The maximum absolute atomic E-state index is 4.22. The number of imidazole rings is 1. The smallest absolute Gasteiger partial charge is 0.104 e. The van der Waals surface area contributed by atoms with Crippen LogP contribution in [0.3, 0.4) is 0 Å². The highest BCUT2D eigenvalue weighted by atomic mass is 32.1. The van der Waals surface area contributed by atoms with Crippen molar-refractivity contribution in [1.82, 2.24) is 9.97 Å². The van der Waals surface area contributed by atoms with E-state index in [9.17, 15) is 0 Å². The van der Waals surface area contributed by atoms with Gasteiger partial charge in [-0.2, -0.15) is 12.6 Å². The van der Waals surface area contributed by atoms with E-state index >= 15 is 0 Å². The third-order valence-corrected chi connectivity index (χ3v) is 2.13. The Morgan fingerprint density at radius 2 is 2.36 bits per heavy atom. The molecule has 0 bridgehead atoms. The Morgan fingerprint density at radius 3 is 3.21 bits per heavy atom. The lowest BCUT2D eigenvalue weighted by Crippen LogP contribution is -1.78. The Morgan fingerprint density at radius 1 is 1.43 bits per heavy atom. The molecule has 3 heteroatoms.